The van der Waals surface area contributed by atoms with Crippen molar-refractivity contribution in [2.45, 2.75) is 24.3 Å². The lowest BCUT2D eigenvalue weighted by molar-refractivity contribution is -0.127. The Labute approximate surface area is 273 Å². The van der Waals surface area contributed by atoms with E-state index >= 15 is 4.79 Å². The van der Waals surface area contributed by atoms with Crippen molar-refractivity contribution in [3.63, 3.8) is 0 Å². The molecule has 2 aliphatic rings. The molecule has 0 N–H and O–H groups in total. The predicted molar refractivity (Wildman–Crippen MR) is 179 cm³/mol. The molecule has 0 saturated carbocycles. The van der Waals surface area contributed by atoms with Gasteiger partial charge in [-0.2, -0.15) is 5.26 Å². The number of aryl methyl sites for hydroxylation is 1. The first kappa shape index (κ1) is 30.3. The quantitative estimate of drug-likeness (QED) is 0.241. The fourth-order valence-electron chi connectivity index (χ4n) is 6.92. The van der Waals surface area contributed by atoms with Crippen LogP contribution in [0.25, 0.3) is 10.9 Å². The molecule has 2 aliphatic heterocycles. The van der Waals surface area contributed by atoms with Crippen molar-refractivity contribution >= 4 is 38.2 Å². The van der Waals surface area contributed by atoms with Gasteiger partial charge in [-0.3, -0.25) is 19.7 Å². The van der Waals surface area contributed by atoms with Crippen LogP contribution in [0.2, 0.25) is 0 Å². The topological polar surface area (TPSA) is 120 Å². The number of para-hydroxylation sites is 1. The zero-order valence-electron chi connectivity index (χ0n) is 26.0. The molecule has 0 radical (unpaired) electrons. The highest BCUT2D eigenvalue weighted by molar-refractivity contribution is 7.93. The second-order valence-electron chi connectivity index (χ2n) is 11.5. The molecule has 0 aliphatic carbocycles. The first-order valence-corrected chi connectivity index (χ1v) is 16.9. The molecule has 236 valence electrons. The van der Waals surface area contributed by atoms with Crippen molar-refractivity contribution in [3.8, 4) is 11.8 Å². The Morgan fingerprint density at radius 2 is 1.68 bits per heavy atom. The average Bonchev–Trinajstić information content (AvgIpc) is 3.37. The van der Waals surface area contributed by atoms with Crippen LogP contribution in [0.1, 0.15) is 29.2 Å². The monoisotopic (exact) mass is 644 g/mol. The number of sulfonamides is 1. The Balaban J connectivity index is 1.46. The number of ether oxygens (including phenoxy) is 1. The summed E-state index contributed by atoms with van der Waals surface area (Å²) in [4.78, 5) is 28.2. The van der Waals surface area contributed by atoms with Gasteiger partial charge < -0.3 is 9.64 Å². The summed E-state index contributed by atoms with van der Waals surface area (Å²) in [5, 5.41) is 10.7. The zero-order chi connectivity index (χ0) is 32.8. The van der Waals surface area contributed by atoms with E-state index in [1.54, 1.807) is 55.0 Å². The third-order valence-electron chi connectivity index (χ3n) is 9.06. The number of amides is 1. The molecule has 3 aromatic carbocycles. The molecular weight excluding hydrogens is 613 g/mol. The van der Waals surface area contributed by atoms with E-state index in [1.165, 1.54) is 6.07 Å². The lowest BCUT2D eigenvalue weighted by atomic mass is 9.80. The van der Waals surface area contributed by atoms with Crippen LogP contribution in [-0.2, 0) is 20.4 Å². The van der Waals surface area contributed by atoms with Gasteiger partial charge in [-0.05, 0) is 67.9 Å². The second-order valence-corrected chi connectivity index (χ2v) is 13.3. The predicted octanol–water partition coefficient (Wildman–Crippen LogP) is 5.01. The van der Waals surface area contributed by atoms with Crippen LogP contribution in [0, 0.1) is 18.3 Å². The lowest BCUT2D eigenvalue weighted by Crippen LogP contribution is -2.60. The van der Waals surface area contributed by atoms with Gasteiger partial charge in [-0.1, -0.05) is 30.3 Å². The molecule has 1 saturated heterocycles. The number of nitriles is 1. The number of anilines is 2. The summed E-state index contributed by atoms with van der Waals surface area (Å²) in [6.07, 6.45) is 5.03. The van der Waals surface area contributed by atoms with Gasteiger partial charge in [0, 0.05) is 67.0 Å². The van der Waals surface area contributed by atoms with Crippen LogP contribution < -0.4 is 13.9 Å². The summed E-state index contributed by atoms with van der Waals surface area (Å²) in [5.41, 5.74) is 1.99. The fraction of sp³-hybridized carbons (Fsp3) is 0.222. The maximum Gasteiger partial charge on any atom is 0.273 e. The number of hydrogen-bond donors (Lipinski definition) is 0. The van der Waals surface area contributed by atoms with Gasteiger partial charge in [0.05, 0.1) is 29.4 Å². The standard InChI is InChI=1S/C36H32N6O4S/c1-3-46-32-9-5-4-8-29(32)36(41-21-19-40(20-22-41)27-14-17-38-18-15-27)30-23-26(24-37)11-12-31(30)42(35(36)43)47(44,45)33-13-10-25(2)28-7-6-16-39-34(28)33/h4-18,23H,3,19-22H2,1-2H3. The summed E-state index contributed by atoms with van der Waals surface area (Å²) in [7, 11) is -4.51. The molecule has 47 heavy (non-hydrogen) atoms. The Morgan fingerprint density at radius 1 is 0.915 bits per heavy atom. The lowest BCUT2D eigenvalue weighted by Gasteiger charge is -2.46. The van der Waals surface area contributed by atoms with Gasteiger partial charge in [0.1, 0.15) is 10.6 Å². The first-order chi connectivity index (χ1) is 22.8. The number of fused-ring (bicyclic) bond motifs is 2. The van der Waals surface area contributed by atoms with Crippen LogP contribution in [0.4, 0.5) is 11.4 Å². The molecule has 1 unspecified atom stereocenters. The number of benzene rings is 3. The fourth-order valence-corrected chi connectivity index (χ4v) is 8.53. The van der Waals surface area contributed by atoms with Crippen LogP contribution in [0.5, 0.6) is 5.75 Å². The molecule has 0 bridgehead atoms. The van der Waals surface area contributed by atoms with Gasteiger partial charge in [-0.25, -0.2) is 12.7 Å². The SMILES string of the molecule is CCOc1ccccc1C1(N2CCN(c3ccncc3)CC2)C(=O)N(S(=O)(=O)c2ccc(C)c3cccnc23)c2ccc(C#N)cc21. The van der Waals surface area contributed by atoms with Crippen molar-refractivity contribution in [2.75, 3.05) is 42.0 Å². The van der Waals surface area contributed by atoms with E-state index in [1.807, 2.05) is 55.1 Å². The van der Waals surface area contributed by atoms with Gasteiger partial charge >= 0.3 is 0 Å². The van der Waals surface area contributed by atoms with Gasteiger partial charge in [0.2, 0.25) is 0 Å². The number of hydrogen-bond acceptors (Lipinski definition) is 9. The molecule has 1 fully saturated rings. The van der Waals surface area contributed by atoms with Crippen molar-refractivity contribution in [3.05, 3.63) is 120 Å². The first-order valence-electron chi connectivity index (χ1n) is 15.4. The highest BCUT2D eigenvalue weighted by atomic mass is 32.2. The Morgan fingerprint density at radius 3 is 2.43 bits per heavy atom. The normalized spacial score (nSPS) is 18.3. The van der Waals surface area contributed by atoms with Crippen molar-refractivity contribution in [2.24, 2.45) is 0 Å². The third-order valence-corrected chi connectivity index (χ3v) is 10.8. The van der Waals surface area contributed by atoms with Crippen LogP contribution in [0.3, 0.4) is 0 Å². The molecule has 1 amide bonds. The van der Waals surface area contributed by atoms with Crippen LogP contribution in [0.15, 0.2) is 102 Å². The Hall–Kier alpha value is -5.31. The summed E-state index contributed by atoms with van der Waals surface area (Å²) >= 11 is 0. The minimum Gasteiger partial charge on any atom is -0.493 e. The van der Waals surface area contributed by atoms with Crippen molar-refractivity contribution in [1.82, 2.24) is 14.9 Å². The van der Waals surface area contributed by atoms with E-state index in [0.717, 1.165) is 15.6 Å². The minimum absolute atomic E-state index is 0.0706. The highest BCUT2D eigenvalue weighted by Gasteiger charge is 2.60. The highest BCUT2D eigenvalue weighted by Crippen LogP contribution is 2.53. The molecule has 10 nitrogen and oxygen atoms in total. The van der Waals surface area contributed by atoms with Gasteiger partial charge in [-0.15, -0.1) is 0 Å². The van der Waals surface area contributed by atoms with Gasteiger partial charge in [0.25, 0.3) is 15.9 Å². The van der Waals surface area contributed by atoms with E-state index in [0.29, 0.717) is 60.6 Å². The maximum absolute atomic E-state index is 15.4. The minimum atomic E-state index is -4.51. The number of aromatic nitrogens is 2. The van der Waals surface area contributed by atoms with E-state index in [-0.39, 0.29) is 16.1 Å². The largest absolute Gasteiger partial charge is 0.493 e. The summed E-state index contributed by atoms with van der Waals surface area (Å²) in [5.74, 6) is -0.188. The van der Waals surface area contributed by atoms with E-state index in [9.17, 15) is 13.7 Å². The average molecular weight is 645 g/mol. The summed E-state index contributed by atoms with van der Waals surface area (Å²) < 4.78 is 36.8. The van der Waals surface area contributed by atoms with E-state index < -0.39 is 21.5 Å². The molecule has 0 spiro atoms. The number of rotatable bonds is 7. The van der Waals surface area contributed by atoms with E-state index in [4.69, 9.17) is 4.74 Å². The molecule has 11 heteroatoms. The number of nitrogens with zero attached hydrogens (tertiary/aromatic N) is 6. The van der Waals surface area contributed by atoms with Gasteiger partial charge in [0.15, 0.2) is 5.54 Å². The van der Waals surface area contributed by atoms with Crippen molar-refractivity contribution in [1.29, 1.82) is 5.26 Å². The molecule has 5 aromatic rings. The number of piperazine rings is 1. The number of carbonyl (C=O) groups is 1. The Kier molecular flexibility index (Phi) is 7.62. The van der Waals surface area contributed by atoms with E-state index in [2.05, 4.69) is 20.9 Å². The zero-order valence-corrected chi connectivity index (χ0v) is 26.8. The molecule has 4 heterocycles. The number of carbonyl (C=O) groups excluding carboxylic acids is 1. The smallest absolute Gasteiger partial charge is 0.273 e. The summed E-state index contributed by atoms with van der Waals surface area (Å²) in [6, 6.07) is 24.9. The maximum atomic E-state index is 15.4. The van der Waals surface area contributed by atoms with Crippen LogP contribution >= 0.6 is 0 Å². The van der Waals surface area contributed by atoms with Crippen molar-refractivity contribution < 1.29 is 17.9 Å². The molecular formula is C36H32N6O4S. The third kappa shape index (κ3) is 4.71. The molecule has 1 atom stereocenters. The van der Waals surface area contributed by atoms with Crippen LogP contribution in [-0.4, -0.2) is 62.0 Å². The summed E-state index contributed by atoms with van der Waals surface area (Å²) in [6.45, 7) is 6.08. The molecule has 7 rings (SSSR count). The molecule has 2 aromatic heterocycles. The Bertz CT molecular complexity index is 2160. The number of pyridine rings is 2. The second kappa shape index (κ2) is 11.8.